The molecular weight excluding hydrogens is 254 g/mol. The second kappa shape index (κ2) is 6.37. The van der Waals surface area contributed by atoms with Crippen LogP contribution in [0.3, 0.4) is 0 Å². The number of carboxylic acids is 1. The summed E-state index contributed by atoms with van der Waals surface area (Å²) in [7, 11) is 0. The Labute approximate surface area is 118 Å². The van der Waals surface area contributed by atoms with Crippen LogP contribution < -0.4 is 0 Å². The second-order valence-corrected chi connectivity index (χ2v) is 5.04. The monoisotopic (exact) mass is 273 g/mol. The van der Waals surface area contributed by atoms with Gasteiger partial charge in [0, 0.05) is 25.1 Å². The highest BCUT2D eigenvalue weighted by Crippen LogP contribution is 2.23. The van der Waals surface area contributed by atoms with Crippen molar-refractivity contribution in [1.29, 1.82) is 0 Å². The van der Waals surface area contributed by atoms with E-state index in [2.05, 4.69) is 6.92 Å². The molecule has 1 heterocycles. The lowest BCUT2D eigenvalue weighted by Gasteiger charge is -2.24. The molecule has 0 bridgehead atoms. The number of hydrogen-bond acceptors (Lipinski definition) is 2. The van der Waals surface area contributed by atoms with E-state index in [-0.39, 0.29) is 5.91 Å². The molecule has 0 aliphatic carbocycles. The van der Waals surface area contributed by atoms with Crippen molar-refractivity contribution >= 4 is 18.0 Å². The first kappa shape index (κ1) is 14.3. The first-order valence-corrected chi connectivity index (χ1v) is 6.89. The summed E-state index contributed by atoms with van der Waals surface area (Å²) < 4.78 is 0. The van der Waals surface area contributed by atoms with Gasteiger partial charge >= 0.3 is 5.97 Å². The summed E-state index contributed by atoms with van der Waals surface area (Å²) in [5.41, 5.74) is 1.87. The third-order valence-corrected chi connectivity index (χ3v) is 3.65. The maximum Gasteiger partial charge on any atom is 0.328 e. The van der Waals surface area contributed by atoms with Gasteiger partial charge in [-0.25, -0.2) is 4.79 Å². The molecular formula is C16H19NO3. The Morgan fingerprint density at radius 2 is 2.30 bits per heavy atom. The molecule has 1 atom stereocenters. The molecule has 106 valence electrons. The fourth-order valence-electron chi connectivity index (χ4n) is 2.59. The van der Waals surface area contributed by atoms with Crippen LogP contribution in [0.4, 0.5) is 0 Å². The van der Waals surface area contributed by atoms with Crippen molar-refractivity contribution in [2.45, 2.75) is 38.8 Å². The van der Waals surface area contributed by atoms with Gasteiger partial charge in [0.15, 0.2) is 0 Å². The van der Waals surface area contributed by atoms with Gasteiger partial charge in [-0.2, -0.15) is 0 Å². The average molecular weight is 273 g/mol. The van der Waals surface area contributed by atoms with Crippen molar-refractivity contribution in [1.82, 2.24) is 4.90 Å². The topological polar surface area (TPSA) is 57.6 Å². The van der Waals surface area contributed by atoms with Crippen LogP contribution in [0.5, 0.6) is 0 Å². The number of carbonyl (C=O) groups is 2. The van der Waals surface area contributed by atoms with E-state index in [0.717, 1.165) is 30.0 Å². The van der Waals surface area contributed by atoms with E-state index in [1.807, 2.05) is 29.2 Å². The van der Waals surface area contributed by atoms with E-state index < -0.39 is 5.97 Å². The molecule has 0 saturated carbocycles. The molecule has 1 amide bonds. The highest BCUT2D eigenvalue weighted by Gasteiger charge is 2.29. The van der Waals surface area contributed by atoms with Gasteiger partial charge in [0.25, 0.3) is 0 Å². The number of benzene rings is 1. The molecule has 0 aromatic heterocycles. The van der Waals surface area contributed by atoms with Crippen LogP contribution in [-0.2, 0) is 16.1 Å². The van der Waals surface area contributed by atoms with Crippen molar-refractivity contribution in [2.75, 3.05) is 0 Å². The summed E-state index contributed by atoms with van der Waals surface area (Å²) in [6.45, 7) is 2.70. The molecule has 1 aliphatic rings. The van der Waals surface area contributed by atoms with Crippen molar-refractivity contribution in [3.05, 3.63) is 41.5 Å². The minimum Gasteiger partial charge on any atom is -0.478 e. The van der Waals surface area contributed by atoms with Crippen LogP contribution in [0.25, 0.3) is 6.08 Å². The van der Waals surface area contributed by atoms with Crippen LogP contribution >= 0.6 is 0 Å². The minimum atomic E-state index is -0.962. The fraction of sp³-hybridized carbons (Fsp3) is 0.375. The molecule has 2 rings (SSSR count). The standard InChI is InChI=1S/C16H19NO3/c1-2-14-7-8-15(18)17(14)11-13-5-3-4-12(10-13)6-9-16(19)20/h3-6,9-10,14H,2,7-8,11H2,1H3,(H,19,20)/b9-6+. The van der Waals surface area contributed by atoms with Gasteiger partial charge in [0.05, 0.1) is 0 Å². The van der Waals surface area contributed by atoms with E-state index in [9.17, 15) is 9.59 Å². The zero-order valence-electron chi connectivity index (χ0n) is 11.6. The normalized spacial score (nSPS) is 18.9. The van der Waals surface area contributed by atoms with Gasteiger partial charge in [0.2, 0.25) is 5.91 Å². The largest absolute Gasteiger partial charge is 0.478 e. The van der Waals surface area contributed by atoms with Crippen LogP contribution in [0.2, 0.25) is 0 Å². The number of nitrogens with zero attached hydrogens (tertiary/aromatic N) is 1. The Hall–Kier alpha value is -2.10. The number of carboxylic acid groups (broad SMARTS) is 1. The van der Waals surface area contributed by atoms with Crippen LogP contribution in [-0.4, -0.2) is 27.9 Å². The first-order chi connectivity index (χ1) is 9.60. The van der Waals surface area contributed by atoms with Gasteiger partial charge in [-0.05, 0) is 36.1 Å². The Morgan fingerprint density at radius 1 is 1.50 bits per heavy atom. The van der Waals surface area contributed by atoms with Crippen LogP contribution in [0.1, 0.15) is 37.3 Å². The van der Waals surface area contributed by atoms with Crippen LogP contribution in [0.15, 0.2) is 30.3 Å². The van der Waals surface area contributed by atoms with E-state index in [0.29, 0.717) is 19.0 Å². The maximum absolute atomic E-state index is 11.9. The number of aliphatic carboxylic acids is 1. The zero-order chi connectivity index (χ0) is 14.5. The lowest BCUT2D eigenvalue weighted by atomic mass is 10.1. The molecule has 4 heteroatoms. The lowest BCUT2D eigenvalue weighted by molar-refractivity contribution is -0.131. The van der Waals surface area contributed by atoms with Gasteiger partial charge in [-0.1, -0.05) is 25.1 Å². The highest BCUT2D eigenvalue weighted by molar-refractivity contribution is 5.85. The fourth-order valence-corrected chi connectivity index (χ4v) is 2.59. The summed E-state index contributed by atoms with van der Waals surface area (Å²) in [5, 5.41) is 8.64. The Morgan fingerprint density at radius 3 is 3.00 bits per heavy atom. The molecule has 1 aliphatic heterocycles. The molecule has 1 unspecified atom stereocenters. The Bertz CT molecular complexity index is 536. The third-order valence-electron chi connectivity index (χ3n) is 3.65. The minimum absolute atomic E-state index is 0.211. The molecule has 0 spiro atoms. The zero-order valence-corrected chi connectivity index (χ0v) is 11.6. The van der Waals surface area contributed by atoms with E-state index >= 15 is 0 Å². The Kier molecular flexibility index (Phi) is 4.56. The van der Waals surface area contributed by atoms with Gasteiger partial charge < -0.3 is 10.0 Å². The summed E-state index contributed by atoms with van der Waals surface area (Å²) in [5.74, 6) is -0.750. The van der Waals surface area contributed by atoms with E-state index in [1.54, 1.807) is 6.08 Å². The predicted molar refractivity (Wildman–Crippen MR) is 77.0 cm³/mol. The SMILES string of the molecule is CCC1CCC(=O)N1Cc1cccc(/C=C/C(=O)O)c1. The van der Waals surface area contributed by atoms with Crippen LogP contribution in [0, 0.1) is 0 Å². The molecule has 4 nitrogen and oxygen atoms in total. The summed E-state index contributed by atoms with van der Waals surface area (Å²) in [6, 6.07) is 7.97. The number of hydrogen-bond donors (Lipinski definition) is 1. The summed E-state index contributed by atoms with van der Waals surface area (Å²) in [4.78, 5) is 24.3. The third kappa shape index (κ3) is 3.47. The predicted octanol–water partition coefficient (Wildman–Crippen LogP) is 2.69. The van der Waals surface area contributed by atoms with Gasteiger partial charge in [-0.3, -0.25) is 4.79 Å². The lowest BCUT2D eigenvalue weighted by Crippen LogP contribution is -2.31. The highest BCUT2D eigenvalue weighted by atomic mass is 16.4. The van der Waals surface area contributed by atoms with E-state index in [4.69, 9.17) is 5.11 Å². The quantitative estimate of drug-likeness (QED) is 0.839. The Balaban J connectivity index is 2.11. The van der Waals surface area contributed by atoms with Gasteiger partial charge in [0.1, 0.15) is 0 Å². The molecule has 0 radical (unpaired) electrons. The molecule has 20 heavy (non-hydrogen) atoms. The number of rotatable bonds is 5. The van der Waals surface area contributed by atoms with Crippen molar-refractivity contribution in [3.8, 4) is 0 Å². The first-order valence-electron chi connectivity index (χ1n) is 6.89. The van der Waals surface area contributed by atoms with E-state index in [1.165, 1.54) is 0 Å². The van der Waals surface area contributed by atoms with Crippen molar-refractivity contribution in [3.63, 3.8) is 0 Å². The number of likely N-dealkylation sites (tertiary alicyclic amines) is 1. The van der Waals surface area contributed by atoms with Crippen molar-refractivity contribution in [2.24, 2.45) is 0 Å². The smallest absolute Gasteiger partial charge is 0.328 e. The molecule has 1 aromatic carbocycles. The number of amides is 1. The molecule has 1 N–H and O–H groups in total. The molecule has 1 aromatic rings. The molecule has 1 fully saturated rings. The second-order valence-electron chi connectivity index (χ2n) is 5.04. The maximum atomic E-state index is 11.9. The summed E-state index contributed by atoms with van der Waals surface area (Å²) in [6.07, 6.45) is 5.24. The van der Waals surface area contributed by atoms with Gasteiger partial charge in [-0.15, -0.1) is 0 Å². The molecule has 1 saturated heterocycles. The number of carbonyl (C=O) groups excluding carboxylic acids is 1. The summed E-state index contributed by atoms with van der Waals surface area (Å²) >= 11 is 0. The van der Waals surface area contributed by atoms with Crippen molar-refractivity contribution < 1.29 is 14.7 Å². The average Bonchev–Trinajstić information content (AvgIpc) is 2.78.